The Hall–Kier alpha value is -2.89. The fourth-order valence-electron chi connectivity index (χ4n) is 1.99. The maximum atomic E-state index is 12.9. The molecule has 0 atom stereocenters. The number of halogens is 1. The Labute approximate surface area is 133 Å². The lowest BCUT2D eigenvalue weighted by molar-refractivity contribution is -0.119. The van der Waals surface area contributed by atoms with Crippen molar-refractivity contribution in [2.24, 2.45) is 0 Å². The second kappa shape index (κ2) is 6.91. The number of ether oxygens (including phenoxy) is 1. The second-order valence-corrected chi connectivity index (χ2v) is 5.17. The molecular weight excluding hydrogens is 299 g/mol. The molecule has 0 aromatic heterocycles. The van der Waals surface area contributed by atoms with Gasteiger partial charge in [-0.05, 0) is 49.2 Å². The van der Waals surface area contributed by atoms with Crippen LogP contribution in [-0.2, 0) is 9.53 Å². The highest BCUT2D eigenvalue weighted by molar-refractivity contribution is 5.98. The monoisotopic (exact) mass is 316 g/mol. The molecule has 0 radical (unpaired) electrons. The molecular formula is C17H17FN2O3. The number of aryl methyl sites for hydroxylation is 2. The highest BCUT2D eigenvalue weighted by Crippen LogP contribution is 2.17. The van der Waals surface area contributed by atoms with Crippen LogP contribution in [-0.4, -0.2) is 18.5 Å². The zero-order chi connectivity index (χ0) is 17.0. The van der Waals surface area contributed by atoms with E-state index in [2.05, 4.69) is 5.32 Å². The molecule has 23 heavy (non-hydrogen) atoms. The van der Waals surface area contributed by atoms with Crippen molar-refractivity contribution >= 4 is 23.3 Å². The molecule has 0 aliphatic heterocycles. The lowest BCUT2D eigenvalue weighted by atomic mass is 10.1. The quantitative estimate of drug-likeness (QED) is 0.671. The molecule has 0 aliphatic rings. The molecule has 1 amide bonds. The average molecular weight is 316 g/mol. The van der Waals surface area contributed by atoms with Crippen molar-refractivity contribution in [3.63, 3.8) is 0 Å². The molecule has 0 saturated carbocycles. The van der Waals surface area contributed by atoms with Crippen molar-refractivity contribution in [2.75, 3.05) is 17.7 Å². The molecule has 2 aromatic carbocycles. The van der Waals surface area contributed by atoms with E-state index in [-0.39, 0.29) is 11.3 Å². The molecule has 0 heterocycles. The number of nitrogen functional groups attached to an aromatic ring is 1. The number of nitrogens with one attached hydrogen (secondary N) is 1. The first kappa shape index (κ1) is 16.5. The van der Waals surface area contributed by atoms with Crippen LogP contribution in [0.4, 0.5) is 15.8 Å². The summed E-state index contributed by atoms with van der Waals surface area (Å²) in [6.45, 7) is 3.32. The van der Waals surface area contributed by atoms with Gasteiger partial charge in [0.2, 0.25) is 0 Å². The van der Waals surface area contributed by atoms with Crippen LogP contribution in [0.25, 0.3) is 0 Å². The summed E-state index contributed by atoms with van der Waals surface area (Å²) in [5.41, 5.74) is 8.09. The number of carbonyl (C=O) groups excluding carboxylic acids is 2. The number of esters is 1. The molecule has 0 spiro atoms. The third-order valence-corrected chi connectivity index (χ3v) is 3.24. The van der Waals surface area contributed by atoms with Crippen LogP contribution >= 0.6 is 0 Å². The van der Waals surface area contributed by atoms with E-state index in [0.717, 1.165) is 23.3 Å². The molecule has 2 aromatic rings. The van der Waals surface area contributed by atoms with Gasteiger partial charge in [-0.15, -0.1) is 0 Å². The van der Waals surface area contributed by atoms with Crippen LogP contribution in [0, 0.1) is 19.7 Å². The zero-order valence-electron chi connectivity index (χ0n) is 12.9. The van der Waals surface area contributed by atoms with Crippen LogP contribution in [0.2, 0.25) is 0 Å². The van der Waals surface area contributed by atoms with Crippen LogP contribution in [0.15, 0.2) is 36.4 Å². The van der Waals surface area contributed by atoms with Gasteiger partial charge in [0.05, 0.1) is 5.56 Å². The lowest BCUT2D eigenvalue weighted by Gasteiger charge is -2.10. The maximum Gasteiger partial charge on any atom is 0.340 e. The minimum atomic E-state index is -0.779. The van der Waals surface area contributed by atoms with Crippen molar-refractivity contribution < 1.29 is 18.7 Å². The minimum absolute atomic E-state index is 0.0194. The van der Waals surface area contributed by atoms with E-state index >= 15 is 0 Å². The van der Waals surface area contributed by atoms with E-state index < -0.39 is 24.3 Å². The standard InChI is InChI=1S/C17H17FN2O3/c1-10-3-4-11(2)15(7-10)20-16(21)9-23-17(22)13-6-5-12(18)8-14(13)19/h3-8H,9,19H2,1-2H3,(H,20,21). The summed E-state index contributed by atoms with van der Waals surface area (Å²) in [5.74, 6) is -1.79. The van der Waals surface area contributed by atoms with Gasteiger partial charge in [0, 0.05) is 11.4 Å². The molecule has 0 aliphatic carbocycles. The Bertz CT molecular complexity index is 759. The molecule has 0 fully saturated rings. The highest BCUT2D eigenvalue weighted by Gasteiger charge is 2.14. The van der Waals surface area contributed by atoms with Gasteiger partial charge < -0.3 is 15.8 Å². The van der Waals surface area contributed by atoms with E-state index in [1.807, 2.05) is 32.0 Å². The summed E-state index contributed by atoms with van der Waals surface area (Å²) in [4.78, 5) is 23.7. The summed E-state index contributed by atoms with van der Waals surface area (Å²) >= 11 is 0. The van der Waals surface area contributed by atoms with Gasteiger partial charge in [-0.1, -0.05) is 12.1 Å². The van der Waals surface area contributed by atoms with E-state index in [1.165, 1.54) is 6.07 Å². The molecule has 0 bridgehead atoms. The van der Waals surface area contributed by atoms with Gasteiger partial charge in [0.15, 0.2) is 6.61 Å². The number of amides is 1. The third kappa shape index (κ3) is 4.29. The van der Waals surface area contributed by atoms with Gasteiger partial charge in [0.1, 0.15) is 5.82 Å². The molecule has 0 saturated heterocycles. The first-order valence-corrected chi connectivity index (χ1v) is 6.96. The fourth-order valence-corrected chi connectivity index (χ4v) is 1.99. The average Bonchev–Trinajstić information content (AvgIpc) is 2.48. The van der Waals surface area contributed by atoms with Crippen molar-refractivity contribution in [2.45, 2.75) is 13.8 Å². The summed E-state index contributed by atoms with van der Waals surface area (Å²) in [6.07, 6.45) is 0. The molecule has 2 rings (SSSR count). The Morgan fingerprint density at radius 3 is 2.61 bits per heavy atom. The summed E-state index contributed by atoms with van der Waals surface area (Å²) in [6, 6.07) is 8.98. The zero-order valence-corrected chi connectivity index (χ0v) is 12.9. The normalized spacial score (nSPS) is 10.2. The number of hydrogen-bond acceptors (Lipinski definition) is 4. The predicted octanol–water partition coefficient (Wildman–Crippen LogP) is 2.82. The van der Waals surface area contributed by atoms with Crippen molar-refractivity contribution in [3.8, 4) is 0 Å². The van der Waals surface area contributed by atoms with E-state index in [1.54, 1.807) is 0 Å². The third-order valence-electron chi connectivity index (χ3n) is 3.24. The van der Waals surface area contributed by atoms with Crippen molar-refractivity contribution in [1.82, 2.24) is 0 Å². The number of benzene rings is 2. The van der Waals surface area contributed by atoms with Crippen molar-refractivity contribution in [1.29, 1.82) is 0 Å². The van der Waals surface area contributed by atoms with E-state index in [4.69, 9.17) is 10.5 Å². The predicted molar refractivity (Wildman–Crippen MR) is 85.6 cm³/mol. The number of anilines is 2. The van der Waals surface area contributed by atoms with Crippen LogP contribution in [0.3, 0.4) is 0 Å². The number of nitrogens with two attached hydrogens (primary N) is 1. The largest absolute Gasteiger partial charge is 0.452 e. The number of hydrogen-bond donors (Lipinski definition) is 2. The van der Waals surface area contributed by atoms with Gasteiger partial charge >= 0.3 is 5.97 Å². The molecule has 0 unspecified atom stereocenters. The van der Waals surface area contributed by atoms with E-state index in [9.17, 15) is 14.0 Å². The fraction of sp³-hybridized carbons (Fsp3) is 0.176. The van der Waals surface area contributed by atoms with Gasteiger partial charge in [-0.3, -0.25) is 4.79 Å². The number of rotatable bonds is 4. The highest BCUT2D eigenvalue weighted by atomic mass is 19.1. The Kier molecular flexibility index (Phi) is 4.95. The smallest absolute Gasteiger partial charge is 0.340 e. The topological polar surface area (TPSA) is 81.4 Å². The van der Waals surface area contributed by atoms with E-state index in [0.29, 0.717) is 5.69 Å². The lowest BCUT2D eigenvalue weighted by Crippen LogP contribution is -2.21. The molecule has 5 nitrogen and oxygen atoms in total. The summed E-state index contributed by atoms with van der Waals surface area (Å²) in [7, 11) is 0. The minimum Gasteiger partial charge on any atom is -0.452 e. The Morgan fingerprint density at radius 2 is 1.91 bits per heavy atom. The van der Waals surface area contributed by atoms with Crippen LogP contribution < -0.4 is 11.1 Å². The Balaban J connectivity index is 1.96. The summed E-state index contributed by atoms with van der Waals surface area (Å²) < 4.78 is 17.8. The second-order valence-electron chi connectivity index (χ2n) is 5.17. The van der Waals surface area contributed by atoms with Gasteiger partial charge in [-0.2, -0.15) is 0 Å². The van der Waals surface area contributed by atoms with Crippen molar-refractivity contribution in [3.05, 3.63) is 58.9 Å². The first-order chi connectivity index (χ1) is 10.9. The molecule has 120 valence electrons. The van der Waals surface area contributed by atoms with Gasteiger partial charge in [-0.25, -0.2) is 9.18 Å². The van der Waals surface area contributed by atoms with Gasteiger partial charge in [0.25, 0.3) is 5.91 Å². The van der Waals surface area contributed by atoms with Crippen LogP contribution in [0.1, 0.15) is 21.5 Å². The maximum absolute atomic E-state index is 12.9. The SMILES string of the molecule is Cc1ccc(C)c(NC(=O)COC(=O)c2ccc(F)cc2N)c1. The molecule has 6 heteroatoms. The van der Waals surface area contributed by atoms with Crippen LogP contribution in [0.5, 0.6) is 0 Å². The first-order valence-electron chi connectivity index (χ1n) is 6.96. The number of carbonyl (C=O) groups is 2. The molecule has 3 N–H and O–H groups in total. The summed E-state index contributed by atoms with van der Waals surface area (Å²) in [5, 5.41) is 2.67. The Morgan fingerprint density at radius 1 is 1.17 bits per heavy atom.